The first-order chi connectivity index (χ1) is 9.95. The number of amides is 1. The number of hydrogen-bond donors (Lipinski definition) is 2. The van der Waals surface area contributed by atoms with Crippen molar-refractivity contribution in [1.29, 1.82) is 0 Å². The van der Waals surface area contributed by atoms with Gasteiger partial charge in [-0.05, 0) is 62.2 Å². The van der Waals surface area contributed by atoms with Crippen LogP contribution < -0.4 is 5.32 Å². The summed E-state index contributed by atoms with van der Waals surface area (Å²) in [5.74, 6) is -0.203. The summed E-state index contributed by atoms with van der Waals surface area (Å²) in [6.45, 7) is 0. The molecule has 0 bridgehead atoms. The van der Waals surface area contributed by atoms with Crippen molar-refractivity contribution in [2.45, 2.75) is 0 Å². The molecule has 21 heavy (non-hydrogen) atoms. The van der Waals surface area contributed by atoms with Crippen molar-refractivity contribution in [3.05, 3.63) is 49.9 Å². The number of rotatable bonds is 1. The molecule has 1 aliphatic rings. The van der Waals surface area contributed by atoms with Gasteiger partial charge >= 0.3 is 0 Å². The maximum Gasteiger partial charge on any atom is 0.275 e. The Kier molecular flexibility index (Phi) is 3.77. The molecule has 1 heterocycles. The number of carbonyl (C=O) groups is 1. The van der Waals surface area contributed by atoms with Crippen molar-refractivity contribution in [3.8, 4) is 5.75 Å². The van der Waals surface area contributed by atoms with Gasteiger partial charge in [0.2, 0.25) is 0 Å². The number of nitrogens with one attached hydrogen (secondary N) is 1. The molecule has 0 unspecified atom stereocenters. The lowest BCUT2D eigenvalue weighted by Gasteiger charge is -2.03. The van der Waals surface area contributed by atoms with Crippen LogP contribution in [0.25, 0.3) is 0 Å². The number of hydrogen-bond acceptors (Lipinski definition) is 3. The Hall–Kier alpha value is -1.37. The molecular formula is C14H7Br2ClN2O2. The van der Waals surface area contributed by atoms with Gasteiger partial charge < -0.3 is 10.4 Å². The van der Waals surface area contributed by atoms with E-state index in [1.807, 2.05) is 0 Å². The van der Waals surface area contributed by atoms with Crippen LogP contribution in [0.2, 0.25) is 5.02 Å². The number of fused-ring (bicyclic) bond motifs is 1. The van der Waals surface area contributed by atoms with Crippen molar-refractivity contribution in [3.63, 3.8) is 0 Å². The summed E-state index contributed by atoms with van der Waals surface area (Å²) >= 11 is 12.4. The molecule has 0 atom stereocenters. The molecule has 4 nitrogen and oxygen atoms in total. The number of phenols is 1. The van der Waals surface area contributed by atoms with Gasteiger partial charge in [0, 0.05) is 10.6 Å². The van der Waals surface area contributed by atoms with Gasteiger partial charge in [0.15, 0.2) is 0 Å². The van der Waals surface area contributed by atoms with E-state index in [0.717, 1.165) is 0 Å². The number of nitrogens with zero attached hydrogens (tertiary/aromatic N) is 1. The van der Waals surface area contributed by atoms with Crippen LogP contribution in [-0.2, 0) is 4.79 Å². The summed E-state index contributed by atoms with van der Waals surface area (Å²) < 4.78 is 0.974. The predicted octanol–water partition coefficient (Wildman–Crippen LogP) is 4.64. The van der Waals surface area contributed by atoms with Gasteiger partial charge in [-0.2, -0.15) is 0 Å². The zero-order valence-electron chi connectivity index (χ0n) is 10.3. The van der Waals surface area contributed by atoms with Crippen LogP contribution >= 0.6 is 43.5 Å². The first-order valence-electron chi connectivity index (χ1n) is 5.83. The molecule has 0 aromatic heterocycles. The van der Waals surface area contributed by atoms with Crippen LogP contribution in [-0.4, -0.2) is 16.7 Å². The number of benzene rings is 2. The lowest BCUT2D eigenvalue weighted by Crippen LogP contribution is -2.13. The predicted molar refractivity (Wildman–Crippen MR) is 89.8 cm³/mol. The van der Waals surface area contributed by atoms with Gasteiger partial charge in [0.25, 0.3) is 5.91 Å². The topological polar surface area (TPSA) is 61.7 Å². The monoisotopic (exact) mass is 428 g/mol. The number of anilines is 1. The molecule has 0 aliphatic carbocycles. The molecular weight excluding hydrogens is 423 g/mol. The third-order valence-electron chi connectivity index (χ3n) is 2.94. The second-order valence-electron chi connectivity index (χ2n) is 4.36. The highest BCUT2D eigenvalue weighted by atomic mass is 79.9. The molecule has 7 heteroatoms. The fourth-order valence-electron chi connectivity index (χ4n) is 1.98. The quantitative estimate of drug-likeness (QED) is 0.692. The van der Waals surface area contributed by atoms with Crippen LogP contribution in [0.15, 0.2) is 44.3 Å². The van der Waals surface area contributed by atoms with Crippen molar-refractivity contribution < 1.29 is 9.90 Å². The average molecular weight is 430 g/mol. The summed E-state index contributed by atoms with van der Waals surface area (Å²) in [7, 11) is 0. The summed E-state index contributed by atoms with van der Waals surface area (Å²) in [5, 5.41) is 13.0. The third-order valence-corrected chi connectivity index (χ3v) is 4.39. The van der Waals surface area contributed by atoms with Gasteiger partial charge in [-0.1, -0.05) is 11.6 Å². The summed E-state index contributed by atoms with van der Waals surface area (Å²) in [5.41, 5.74) is 2.16. The molecule has 3 rings (SSSR count). The molecule has 2 aromatic rings. The van der Waals surface area contributed by atoms with E-state index in [2.05, 4.69) is 42.2 Å². The zero-order chi connectivity index (χ0) is 15.1. The van der Waals surface area contributed by atoms with Crippen molar-refractivity contribution >= 4 is 66.5 Å². The second kappa shape index (κ2) is 5.44. The minimum Gasteiger partial charge on any atom is -0.506 e. The van der Waals surface area contributed by atoms with E-state index in [-0.39, 0.29) is 17.4 Å². The highest BCUT2D eigenvalue weighted by molar-refractivity contribution is 9.11. The molecule has 1 amide bonds. The molecule has 106 valence electrons. The van der Waals surface area contributed by atoms with E-state index in [1.165, 1.54) is 0 Å². The summed E-state index contributed by atoms with van der Waals surface area (Å²) in [6.07, 6.45) is 0. The lowest BCUT2D eigenvalue weighted by molar-refractivity contribution is -0.110. The van der Waals surface area contributed by atoms with Crippen molar-refractivity contribution in [2.24, 2.45) is 4.99 Å². The van der Waals surface area contributed by atoms with Gasteiger partial charge in [-0.25, -0.2) is 4.99 Å². The first-order valence-corrected chi connectivity index (χ1v) is 7.80. The Morgan fingerprint density at radius 1 is 1.14 bits per heavy atom. The summed E-state index contributed by atoms with van der Waals surface area (Å²) in [6, 6.07) is 8.39. The minimum atomic E-state index is -0.285. The highest BCUT2D eigenvalue weighted by Crippen LogP contribution is 2.37. The van der Waals surface area contributed by atoms with Crippen molar-refractivity contribution in [1.82, 2.24) is 0 Å². The normalized spacial score (nSPS) is 15.2. The number of aliphatic imine (C=N–C) groups is 1. The first kappa shape index (κ1) is 14.6. The molecule has 2 aromatic carbocycles. The van der Waals surface area contributed by atoms with Crippen LogP contribution in [0.1, 0.15) is 5.56 Å². The summed E-state index contributed by atoms with van der Waals surface area (Å²) in [4.78, 5) is 16.4. The second-order valence-corrected chi connectivity index (χ2v) is 6.51. The maximum atomic E-state index is 12.0. The molecule has 0 saturated carbocycles. The van der Waals surface area contributed by atoms with Gasteiger partial charge in [0.05, 0.1) is 20.3 Å². The lowest BCUT2D eigenvalue weighted by atomic mass is 10.1. The largest absolute Gasteiger partial charge is 0.506 e. The average Bonchev–Trinajstić information content (AvgIpc) is 2.72. The smallest absolute Gasteiger partial charge is 0.275 e. The Balaban J connectivity index is 2.13. The Morgan fingerprint density at radius 3 is 2.48 bits per heavy atom. The fraction of sp³-hybridized carbons (Fsp3) is 0. The van der Waals surface area contributed by atoms with E-state index >= 15 is 0 Å². The Bertz CT molecular complexity index is 783. The highest BCUT2D eigenvalue weighted by Gasteiger charge is 2.26. The van der Waals surface area contributed by atoms with Crippen molar-refractivity contribution in [2.75, 3.05) is 5.32 Å². The molecule has 0 spiro atoms. The number of halogens is 3. The fourth-order valence-corrected chi connectivity index (χ4v) is 3.32. The standard InChI is InChI=1S/C14H7Br2ClN2O2/c15-9-4-7(5-10(16)13(9)20)18-12-8-3-6(17)1-2-11(8)19-14(12)21/h1-5,20H,(H,18,19,21). The molecule has 0 radical (unpaired) electrons. The van der Waals surface area contributed by atoms with Gasteiger partial charge in [0.1, 0.15) is 11.5 Å². The van der Waals surface area contributed by atoms with Crippen LogP contribution in [0.5, 0.6) is 5.75 Å². The molecule has 0 saturated heterocycles. The minimum absolute atomic E-state index is 0.0817. The SMILES string of the molecule is O=C1Nc2ccc(Cl)cc2C1=Nc1cc(Br)c(O)c(Br)c1. The van der Waals surface area contributed by atoms with Crippen LogP contribution in [0.3, 0.4) is 0 Å². The van der Waals surface area contributed by atoms with E-state index in [1.54, 1.807) is 30.3 Å². The zero-order valence-corrected chi connectivity index (χ0v) is 14.3. The Morgan fingerprint density at radius 2 is 1.81 bits per heavy atom. The van der Waals surface area contributed by atoms with E-state index in [4.69, 9.17) is 11.6 Å². The van der Waals surface area contributed by atoms with Gasteiger partial charge in [-0.3, -0.25) is 4.79 Å². The van der Waals surface area contributed by atoms with E-state index < -0.39 is 0 Å². The van der Waals surface area contributed by atoms with Crippen LogP contribution in [0.4, 0.5) is 11.4 Å². The molecule has 0 fully saturated rings. The van der Waals surface area contributed by atoms with E-state index in [0.29, 0.717) is 30.9 Å². The maximum absolute atomic E-state index is 12.0. The van der Waals surface area contributed by atoms with Crippen LogP contribution in [0, 0.1) is 0 Å². The number of carbonyl (C=O) groups excluding carboxylic acids is 1. The molecule has 1 aliphatic heterocycles. The third kappa shape index (κ3) is 2.71. The number of aromatic hydroxyl groups is 1. The van der Waals surface area contributed by atoms with E-state index in [9.17, 15) is 9.90 Å². The van der Waals surface area contributed by atoms with Gasteiger partial charge in [-0.15, -0.1) is 0 Å². The molecule has 2 N–H and O–H groups in total. The number of phenolic OH excluding ortho intramolecular Hbond substituents is 1. The Labute approximate surface area is 142 Å².